The number of carbonyl (C=O) groups is 1. The van der Waals surface area contributed by atoms with Gasteiger partial charge in [0.05, 0.1) is 39.5 Å². The number of halogens is 1. The van der Waals surface area contributed by atoms with Gasteiger partial charge in [0.15, 0.2) is 0 Å². The van der Waals surface area contributed by atoms with Gasteiger partial charge in [-0.25, -0.2) is 4.98 Å². The first-order chi connectivity index (χ1) is 7.15. The Balaban J connectivity index is 2.81. The van der Waals surface area contributed by atoms with Crippen molar-refractivity contribution in [2.75, 3.05) is 0 Å². The number of hydrogen-bond acceptors (Lipinski definition) is 4. The van der Waals surface area contributed by atoms with E-state index in [4.69, 9.17) is 0 Å². The number of H-pyrrole nitrogens is 1. The van der Waals surface area contributed by atoms with Crippen molar-refractivity contribution in [3.05, 3.63) is 27.1 Å². The molecular formula is C8H6IN3O2S. The molecule has 0 aliphatic rings. The molecule has 0 atom stereocenters. The van der Waals surface area contributed by atoms with E-state index in [1.165, 1.54) is 17.7 Å². The lowest BCUT2D eigenvalue weighted by molar-refractivity contribution is 0.0993. The minimum atomic E-state index is -0.207. The Morgan fingerprint density at radius 3 is 3.00 bits per heavy atom. The minimum Gasteiger partial charge on any atom is -0.313 e. The van der Waals surface area contributed by atoms with E-state index in [2.05, 4.69) is 13.5 Å². The molecule has 2 aromatic rings. The highest BCUT2D eigenvalue weighted by Crippen LogP contribution is 2.26. The maximum Gasteiger partial charge on any atom is 0.270 e. The number of nitrogens with zero attached hydrogens (tertiary/aromatic N) is 1. The van der Waals surface area contributed by atoms with E-state index in [9.17, 15) is 9.59 Å². The highest BCUT2D eigenvalue weighted by Gasteiger charge is 2.17. The van der Waals surface area contributed by atoms with Crippen molar-refractivity contribution in [1.29, 1.82) is 0 Å². The first kappa shape index (κ1) is 10.6. The maximum atomic E-state index is 11.5. The number of aromatic nitrogens is 2. The summed E-state index contributed by atoms with van der Waals surface area (Å²) >= 11 is 2.99. The Kier molecular flexibility index (Phi) is 2.74. The van der Waals surface area contributed by atoms with Crippen molar-refractivity contribution in [3.63, 3.8) is 0 Å². The summed E-state index contributed by atoms with van der Waals surface area (Å²) in [6.07, 6.45) is 1.34. The van der Waals surface area contributed by atoms with Crippen LogP contribution in [-0.2, 0) is 0 Å². The summed E-state index contributed by atoms with van der Waals surface area (Å²) in [7, 11) is 0. The summed E-state index contributed by atoms with van der Waals surface area (Å²) in [5.41, 5.74) is 0.472. The molecule has 0 saturated heterocycles. The summed E-state index contributed by atoms with van der Waals surface area (Å²) in [6, 6.07) is 0. The average Bonchev–Trinajstić information content (AvgIpc) is 2.56. The second-order valence-electron chi connectivity index (χ2n) is 2.89. The third-order valence-corrected chi connectivity index (χ3v) is 3.71. The van der Waals surface area contributed by atoms with Gasteiger partial charge in [0.1, 0.15) is 4.83 Å². The third-order valence-electron chi connectivity index (χ3n) is 2.02. The molecule has 0 fully saturated rings. The Labute approximate surface area is 102 Å². The lowest BCUT2D eigenvalue weighted by atomic mass is 10.2. The number of fused-ring (bicyclic) bond motifs is 1. The fourth-order valence-corrected chi connectivity index (χ4v) is 2.84. The number of carbonyl (C=O) groups excluding carboxylic acids is 1. The van der Waals surface area contributed by atoms with Gasteiger partial charge in [-0.3, -0.25) is 13.1 Å². The van der Waals surface area contributed by atoms with Crippen LogP contribution in [0.25, 0.3) is 10.2 Å². The van der Waals surface area contributed by atoms with Crippen LogP contribution in [0.4, 0.5) is 0 Å². The Bertz CT molecular complexity index is 589. The molecule has 2 rings (SSSR count). The Morgan fingerprint density at radius 1 is 1.67 bits per heavy atom. The molecule has 0 aliphatic carbocycles. The normalized spacial score (nSPS) is 10.5. The van der Waals surface area contributed by atoms with Crippen LogP contribution in [0.5, 0.6) is 0 Å². The predicted octanol–water partition coefficient (Wildman–Crippen LogP) is 1.37. The molecule has 0 bridgehead atoms. The molecule has 0 spiro atoms. The van der Waals surface area contributed by atoms with Crippen LogP contribution >= 0.6 is 34.2 Å². The summed E-state index contributed by atoms with van der Waals surface area (Å²) in [6.45, 7) is 1.75. The van der Waals surface area contributed by atoms with Crippen molar-refractivity contribution in [1.82, 2.24) is 13.5 Å². The van der Waals surface area contributed by atoms with E-state index in [1.54, 1.807) is 29.8 Å². The average molecular weight is 335 g/mol. The van der Waals surface area contributed by atoms with Gasteiger partial charge >= 0.3 is 0 Å². The predicted molar refractivity (Wildman–Crippen MR) is 66.5 cm³/mol. The largest absolute Gasteiger partial charge is 0.313 e. The third kappa shape index (κ3) is 1.65. The van der Waals surface area contributed by atoms with Crippen molar-refractivity contribution < 1.29 is 4.79 Å². The van der Waals surface area contributed by atoms with E-state index in [1.807, 2.05) is 0 Å². The van der Waals surface area contributed by atoms with E-state index in [0.717, 1.165) is 0 Å². The van der Waals surface area contributed by atoms with Gasteiger partial charge in [0.2, 0.25) is 0 Å². The van der Waals surface area contributed by atoms with E-state index >= 15 is 0 Å². The summed E-state index contributed by atoms with van der Waals surface area (Å²) < 4.78 is 2.50. The van der Waals surface area contributed by atoms with E-state index in [-0.39, 0.29) is 11.5 Å². The maximum absolute atomic E-state index is 11.5. The Hall–Kier alpha value is -0.960. The summed E-state index contributed by atoms with van der Waals surface area (Å²) in [5.74, 6) is -0.199. The van der Waals surface area contributed by atoms with Crippen LogP contribution in [0.2, 0.25) is 0 Å². The van der Waals surface area contributed by atoms with Crippen LogP contribution < -0.4 is 9.09 Å². The van der Waals surface area contributed by atoms with Crippen LogP contribution in [0.15, 0.2) is 11.1 Å². The highest BCUT2D eigenvalue weighted by molar-refractivity contribution is 14.1. The first-order valence-corrected chi connectivity index (χ1v) is 5.92. The van der Waals surface area contributed by atoms with Gasteiger partial charge in [-0.05, 0) is 12.5 Å². The minimum absolute atomic E-state index is 0.199. The summed E-state index contributed by atoms with van der Waals surface area (Å²) in [4.78, 5) is 30.6. The molecule has 7 heteroatoms. The molecular weight excluding hydrogens is 329 g/mol. The number of amides is 1. The molecule has 2 N–H and O–H groups in total. The van der Waals surface area contributed by atoms with Crippen molar-refractivity contribution in [2.24, 2.45) is 0 Å². The molecule has 5 nitrogen and oxygen atoms in total. The van der Waals surface area contributed by atoms with Crippen LogP contribution in [0, 0.1) is 6.92 Å². The number of aryl methyl sites for hydroxylation is 1. The van der Waals surface area contributed by atoms with Crippen LogP contribution in [0.3, 0.4) is 0 Å². The van der Waals surface area contributed by atoms with Gasteiger partial charge < -0.3 is 4.98 Å². The molecule has 0 aromatic carbocycles. The quantitative estimate of drug-likeness (QED) is 0.611. The molecule has 1 amide bonds. The standard InChI is InChI=1S/C8H6IN3O2S/c1-3-4-6(13)10-2-11-8(4)15-5(3)7(14)12-9/h2H,1H3,(H,12,14)(H,10,11,13). The fraction of sp³-hybridized carbons (Fsp3) is 0.125. The van der Waals surface area contributed by atoms with Gasteiger partial charge in [-0.15, -0.1) is 11.3 Å². The van der Waals surface area contributed by atoms with Crippen molar-refractivity contribution in [3.8, 4) is 0 Å². The molecule has 0 radical (unpaired) electrons. The zero-order valence-electron chi connectivity index (χ0n) is 7.63. The van der Waals surface area contributed by atoms with Gasteiger partial charge in [0.25, 0.3) is 11.5 Å². The number of rotatable bonds is 1. The lowest BCUT2D eigenvalue weighted by Crippen LogP contribution is -2.11. The molecule has 15 heavy (non-hydrogen) atoms. The van der Waals surface area contributed by atoms with Crippen LogP contribution in [0.1, 0.15) is 15.2 Å². The molecule has 0 saturated carbocycles. The van der Waals surface area contributed by atoms with E-state index < -0.39 is 0 Å². The monoisotopic (exact) mass is 335 g/mol. The van der Waals surface area contributed by atoms with Crippen molar-refractivity contribution in [2.45, 2.75) is 6.92 Å². The SMILES string of the molecule is Cc1c(C(=O)NI)sc2nc[nH]c(=O)c12. The topological polar surface area (TPSA) is 74.8 Å². The smallest absolute Gasteiger partial charge is 0.270 e. The van der Waals surface area contributed by atoms with E-state index in [0.29, 0.717) is 20.7 Å². The zero-order chi connectivity index (χ0) is 11.0. The lowest BCUT2D eigenvalue weighted by Gasteiger charge is -1.94. The molecule has 0 unspecified atom stereocenters. The Morgan fingerprint density at radius 2 is 2.40 bits per heavy atom. The number of hydrogen-bond donors (Lipinski definition) is 2. The fourth-order valence-electron chi connectivity index (χ4n) is 1.34. The highest BCUT2D eigenvalue weighted by atomic mass is 127. The first-order valence-electron chi connectivity index (χ1n) is 4.03. The molecule has 78 valence electrons. The second-order valence-corrected chi connectivity index (χ2v) is 4.43. The molecule has 2 aromatic heterocycles. The molecule has 2 heterocycles. The van der Waals surface area contributed by atoms with Gasteiger partial charge in [-0.1, -0.05) is 0 Å². The van der Waals surface area contributed by atoms with Crippen molar-refractivity contribution >= 4 is 50.3 Å². The molecule has 0 aliphatic heterocycles. The summed E-state index contributed by atoms with van der Waals surface area (Å²) in [5, 5.41) is 0.498. The van der Waals surface area contributed by atoms with Gasteiger partial charge in [-0.2, -0.15) is 0 Å². The number of thiophene rings is 1. The van der Waals surface area contributed by atoms with Crippen LogP contribution in [-0.4, -0.2) is 15.9 Å². The zero-order valence-corrected chi connectivity index (χ0v) is 10.6. The second kappa shape index (κ2) is 3.89. The number of aromatic amines is 1. The number of nitrogens with one attached hydrogen (secondary N) is 2. The van der Waals surface area contributed by atoms with Gasteiger partial charge in [0, 0.05) is 0 Å².